The number of carbonyl (C=O) groups is 1. The summed E-state index contributed by atoms with van der Waals surface area (Å²) in [5, 5.41) is 15.6. The molecule has 2 N–H and O–H groups in total. The minimum atomic E-state index is -1.20. The van der Waals surface area contributed by atoms with Gasteiger partial charge in [0.15, 0.2) is 0 Å². The average Bonchev–Trinajstić information content (AvgIpc) is 3.14. The lowest BCUT2D eigenvalue weighted by atomic mass is 9.62. The minimum Gasteiger partial charge on any atom is -0.380 e. The highest BCUT2D eigenvalue weighted by Gasteiger charge is 2.55. The van der Waals surface area contributed by atoms with Gasteiger partial charge in [0, 0.05) is 42.5 Å². The first-order valence-corrected chi connectivity index (χ1v) is 12.1. The molecule has 2 aromatic rings. The fourth-order valence-corrected chi connectivity index (χ4v) is 5.72. The van der Waals surface area contributed by atoms with Gasteiger partial charge in [0.1, 0.15) is 5.60 Å². The van der Waals surface area contributed by atoms with Gasteiger partial charge in [0.2, 0.25) is 5.91 Å². The third kappa shape index (κ3) is 4.10. The first kappa shape index (κ1) is 23.9. The molecule has 2 unspecified atom stereocenters. The Balaban J connectivity index is 1.76. The SMILES string of the molecule is CC(C)c1ccc([C@](O)(c2cncc(C3CC(C(C)(C)C)NC3=O)c2)C2(C)CN(C)C2)cc1. The van der Waals surface area contributed by atoms with Gasteiger partial charge in [-0.2, -0.15) is 0 Å². The van der Waals surface area contributed by atoms with Crippen molar-refractivity contribution >= 4 is 5.91 Å². The zero-order valence-corrected chi connectivity index (χ0v) is 21.1. The third-order valence-corrected chi connectivity index (χ3v) is 7.84. The van der Waals surface area contributed by atoms with Crippen molar-refractivity contribution in [2.45, 2.75) is 71.4 Å². The maximum absolute atomic E-state index is 12.9. The van der Waals surface area contributed by atoms with Crippen LogP contribution in [-0.2, 0) is 10.4 Å². The molecule has 1 aromatic carbocycles. The second kappa shape index (κ2) is 8.21. The van der Waals surface area contributed by atoms with Crippen LogP contribution < -0.4 is 5.32 Å². The van der Waals surface area contributed by atoms with Crippen LogP contribution in [0, 0.1) is 10.8 Å². The summed E-state index contributed by atoms with van der Waals surface area (Å²) in [6.45, 7) is 14.5. The highest BCUT2D eigenvalue weighted by Crippen LogP contribution is 2.50. The lowest BCUT2D eigenvalue weighted by molar-refractivity contribution is -0.127. The van der Waals surface area contributed by atoms with E-state index in [1.807, 2.05) is 6.07 Å². The molecular formula is C28H39N3O2. The molecule has 2 saturated heterocycles. The molecule has 0 radical (unpaired) electrons. The molecule has 5 heteroatoms. The number of aliphatic hydroxyl groups is 1. The number of aromatic nitrogens is 1. The van der Waals surface area contributed by atoms with Gasteiger partial charge in [-0.3, -0.25) is 9.78 Å². The number of hydrogen-bond donors (Lipinski definition) is 2. The van der Waals surface area contributed by atoms with Crippen LogP contribution in [-0.4, -0.2) is 47.1 Å². The summed E-state index contributed by atoms with van der Waals surface area (Å²) in [5.41, 5.74) is 2.22. The molecular weight excluding hydrogens is 410 g/mol. The van der Waals surface area contributed by atoms with Crippen LogP contribution >= 0.6 is 0 Å². The van der Waals surface area contributed by atoms with Crippen LogP contribution in [0.4, 0.5) is 0 Å². The number of nitrogens with one attached hydrogen (secondary N) is 1. The van der Waals surface area contributed by atoms with E-state index in [4.69, 9.17) is 0 Å². The Morgan fingerprint density at radius 3 is 2.27 bits per heavy atom. The molecule has 5 nitrogen and oxygen atoms in total. The molecule has 3 atom stereocenters. The largest absolute Gasteiger partial charge is 0.380 e. The number of pyridine rings is 1. The van der Waals surface area contributed by atoms with Crippen LogP contribution in [0.5, 0.6) is 0 Å². The van der Waals surface area contributed by atoms with Crippen molar-refractivity contribution < 1.29 is 9.90 Å². The van der Waals surface area contributed by atoms with Crippen LogP contribution in [0.3, 0.4) is 0 Å². The number of carbonyl (C=O) groups excluding carboxylic acids is 1. The van der Waals surface area contributed by atoms with Crippen LogP contribution in [0.1, 0.15) is 82.1 Å². The van der Waals surface area contributed by atoms with E-state index in [9.17, 15) is 9.90 Å². The number of rotatable bonds is 5. The van der Waals surface area contributed by atoms with Gasteiger partial charge in [-0.25, -0.2) is 0 Å². The van der Waals surface area contributed by atoms with Crippen molar-refractivity contribution in [2.75, 3.05) is 20.1 Å². The molecule has 3 heterocycles. The summed E-state index contributed by atoms with van der Waals surface area (Å²) in [5.74, 6) is 0.235. The topological polar surface area (TPSA) is 65.5 Å². The summed E-state index contributed by atoms with van der Waals surface area (Å²) in [4.78, 5) is 19.6. The smallest absolute Gasteiger partial charge is 0.227 e. The summed E-state index contributed by atoms with van der Waals surface area (Å²) in [6, 6.07) is 10.5. The minimum absolute atomic E-state index is 0.00165. The number of nitrogens with zero attached hydrogens (tertiary/aromatic N) is 2. The van der Waals surface area contributed by atoms with Crippen molar-refractivity contribution in [3.63, 3.8) is 0 Å². The molecule has 4 rings (SSSR count). The summed E-state index contributed by atoms with van der Waals surface area (Å²) in [6.07, 6.45) is 4.31. The molecule has 33 heavy (non-hydrogen) atoms. The van der Waals surface area contributed by atoms with Gasteiger partial charge >= 0.3 is 0 Å². The second-order valence-electron chi connectivity index (χ2n) is 11.9. The molecule has 2 aliphatic heterocycles. The zero-order chi connectivity index (χ0) is 24.2. The third-order valence-electron chi connectivity index (χ3n) is 7.84. The van der Waals surface area contributed by atoms with Gasteiger partial charge in [-0.15, -0.1) is 0 Å². The Morgan fingerprint density at radius 1 is 1.12 bits per heavy atom. The lowest BCUT2D eigenvalue weighted by Gasteiger charge is -2.56. The predicted octanol–water partition coefficient (Wildman–Crippen LogP) is 4.41. The Morgan fingerprint density at radius 2 is 1.76 bits per heavy atom. The molecule has 178 valence electrons. The van der Waals surface area contributed by atoms with E-state index in [0.717, 1.165) is 36.2 Å². The number of benzene rings is 1. The maximum Gasteiger partial charge on any atom is 0.227 e. The van der Waals surface area contributed by atoms with Crippen molar-refractivity contribution in [1.82, 2.24) is 15.2 Å². The molecule has 0 bridgehead atoms. The van der Waals surface area contributed by atoms with E-state index in [1.165, 1.54) is 5.56 Å². The van der Waals surface area contributed by atoms with E-state index in [2.05, 4.69) is 88.1 Å². The van der Waals surface area contributed by atoms with Crippen LogP contribution in [0.15, 0.2) is 42.7 Å². The Hall–Kier alpha value is -2.24. The van der Waals surface area contributed by atoms with Gasteiger partial charge < -0.3 is 15.3 Å². The Kier molecular flexibility index (Phi) is 5.95. The standard InChI is InChI=1S/C28H39N3O2/c1-18(2)19-8-10-21(11-9-19)28(33,27(6)16-31(7)17-27)22-12-20(14-29-15-22)23-13-24(26(3,4)5)30-25(23)32/h8-12,14-15,18,23-24,33H,13,16-17H2,1-7H3,(H,30,32)/t23?,24?,28-/m0/s1. The molecule has 2 aliphatic rings. The average molecular weight is 450 g/mol. The molecule has 0 saturated carbocycles. The lowest BCUT2D eigenvalue weighted by Crippen LogP contribution is -2.63. The van der Waals surface area contributed by atoms with Crippen molar-refractivity contribution in [3.05, 3.63) is 65.0 Å². The first-order chi connectivity index (χ1) is 15.3. The summed E-state index contributed by atoms with van der Waals surface area (Å²) < 4.78 is 0. The number of likely N-dealkylation sites (tertiary alicyclic amines) is 1. The summed E-state index contributed by atoms with van der Waals surface area (Å²) >= 11 is 0. The van der Waals surface area contributed by atoms with Crippen molar-refractivity contribution in [3.8, 4) is 0 Å². The molecule has 1 aromatic heterocycles. The van der Waals surface area contributed by atoms with Gasteiger partial charge in [-0.1, -0.05) is 65.8 Å². The highest BCUT2D eigenvalue weighted by molar-refractivity contribution is 5.86. The second-order valence-corrected chi connectivity index (χ2v) is 11.9. The van der Waals surface area contributed by atoms with E-state index >= 15 is 0 Å². The molecule has 2 fully saturated rings. The van der Waals surface area contributed by atoms with E-state index < -0.39 is 5.60 Å². The van der Waals surface area contributed by atoms with Crippen molar-refractivity contribution in [2.24, 2.45) is 10.8 Å². The van der Waals surface area contributed by atoms with Gasteiger partial charge in [0.25, 0.3) is 0 Å². The normalized spacial score (nSPS) is 24.9. The highest BCUT2D eigenvalue weighted by atomic mass is 16.3. The Bertz CT molecular complexity index is 1020. The summed E-state index contributed by atoms with van der Waals surface area (Å²) in [7, 11) is 2.08. The van der Waals surface area contributed by atoms with E-state index in [0.29, 0.717) is 5.92 Å². The van der Waals surface area contributed by atoms with E-state index in [1.54, 1.807) is 12.4 Å². The zero-order valence-electron chi connectivity index (χ0n) is 21.1. The van der Waals surface area contributed by atoms with Crippen LogP contribution in [0.2, 0.25) is 0 Å². The van der Waals surface area contributed by atoms with E-state index in [-0.39, 0.29) is 28.7 Å². The molecule has 1 amide bonds. The maximum atomic E-state index is 12.9. The molecule has 0 aliphatic carbocycles. The fraction of sp³-hybridized carbons (Fsp3) is 0.571. The first-order valence-electron chi connectivity index (χ1n) is 12.1. The number of hydrogen-bond acceptors (Lipinski definition) is 4. The van der Waals surface area contributed by atoms with Gasteiger partial charge in [0.05, 0.1) is 5.92 Å². The number of amides is 1. The van der Waals surface area contributed by atoms with Gasteiger partial charge in [-0.05, 0) is 47.6 Å². The quantitative estimate of drug-likeness (QED) is 0.710. The van der Waals surface area contributed by atoms with Crippen molar-refractivity contribution in [1.29, 1.82) is 0 Å². The Labute approximate surface area is 198 Å². The van der Waals surface area contributed by atoms with Crippen LogP contribution in [0.25, 0.3) is 0 Å². The fourth-order valence-electron chi connectivity index (χ4n) is 5.72. The molecule has 0 spiro atoms. The monoisotopic (exact) mass is 449 g/mol. The predicted molar refractivity (Wildman–Crippen MR) is 132 cm³/mol.